The normalized spacial score (nSPS) is 24.7. The molecule has 2 saturated heterocycles. The zero-order valence-corrected chi connectivity index (χ0v) is 16.0. The van der Waals surface area contributed by atoms with Crippen molar-refractivity contribution in [2.75, 3.05) is 6.54 Å². The standard InChI is InChI=1S/C16H21N3O3.C2HF3O2/c1-10-3-4-12(20-10)9-19-8-7-14-13(19)5-6-15(21-14)16-17-11(2)18-22-16;3-2(4,5)1(6)7/h3-4,13-15H,5-9H2,1-2H3;(H,6,7)/t13-,14-,15+;/m1./s1. The lowest BCUT2D eigenvalue weighted by atomic mass is 9.99. The summed E-state index contributed by atoms with van der Waals surface area (Å²) >= 11 is 0. The van der Waals surface area contributed by atoms with E-state index >= 15 is 0 Å². The third-order valence-electron chi connectivity index (χ3n) is 4.88. The number of carboxylic acids is 1. The molecule has 2 aromatic rings. The Bertz CT molecular complexity index is 835. The molecule has 0 bridgehead atoms. The molecule has 4 heterocycles. The monoisotopic (exact) mass is 417 g/mol. The molecule has 0 unspecified atom stereocenters. The first-order chi connectivity index (χ1) is 13.6. The number of fused-ring (bicyclic) bond motifs is 1. The molecule has 11 heteroatoms. The molecule has 4 rings (SSSR count). The zero-order chi connectivity index (χ0) is 21.2. The van der Waals surface area contributed by atoms with Gasteiger partial charge in [0.15, 0.2) is 5.82 Å². The number of halogens is 3. The summed E-state index contributed by atoms with van der Waals surface area (Å²) in [4.78, 5) is 15.7. The lowest BCUT2D eigenvalue weighted by Crippen LogP contribution is -2.40. The molecule has 0 aliphatic carbocycles. The van der Waals surface area contributed by atoms with E-state index in [-0.39, 0.29) is 12.2 Å². The summed E-state index contributed by atoms with van der Waals surface area (Å²) in [6.07, 6.45) is -1.81. The summed E-state index contributed by atoms with van der Waals surface area (Å²) in [6.45, 7) is 5.73. The molecule has 2 fully saturated rings. The maximum Gasteiger partial charge on any atom is 0.490 e. The second-order valence-corrected chi connectivity index (χ2v) is 7.06. The Morgan fingerprint density at radius 1 is 1.28 bits per heavy atom. The van der Waals surface area contributed by atoms with E-state index in [0.29, 0.717) is 17.8 Å². The highest BCUT2D eigenvalue weighted by Gasteiger charge is 2.41. The number of aromatic nitrogens is 2. The number of ether oxygens (including phenoxy) is 1. The van der Waals surface area contributed by atoms with Crippen molar-refractivity contribution < 1.29 is 36.7 Å². The van der Waals surface area contributed by atoms with Crippen molar-refractivity contribution in [3.8, 4) is 0 Å². The second-order valence-electron chi connectivity index (χ2n) is 7.06. The molecule has 160 valence electrons. The first kappa shape index (κ1) is 21.3. The number of hydrogen-bond acceptors (Lipinski definition) is 7. The van der Waals surface area contributed by atoms with Crippen LogP contribution in [0.2, 0.25) is 0 Å². The van der Waals surface area contributed by atoms with E-state index in [0.717, 1.165) is 43.9 Å². The van der Waals surface area contributed by atoms with Crippen LogP contribution in [0.4, 0.5) is 13.2 Å². The first-order valence-electron chi connectivity index (χ1n) is 9.18. The first-order valence-corrected chi connectivity index (χ1v) is 9.18. The van der Waals surface area contributed by atoms with E-state index in [1.165, 1.54) is 0 Å². The van der Waals surface area contributed by atoms with E-state index in [2.05, 4.69) is 21.1 Å². The molecule has 0 saturated carbocycles. The molecule has 0 aromatic carbocycles. The van der Waals surface area contributed by atoms with Crippen LogP contribution in [0.15, 0.2) is 21.1 Å². The summed E-state index contributed by atoms with van der Waals surface area (Å²) < 4.78 is 48.9. The summed E-state index contributed by atoms with van der Waals surface area (Å²) in [5.74, 6) is 0.538. The van der Waals surface area contributed by atoms with Crippen molar-refractivity contribution in [3.63, 3.8) is 0 Å². The van der Waals surface area contributed by atoms with Gasteiger partial charge in [-0.3, -0.25) is 4.90 Å². The molecule has 2 aliphatic heterocycles. The Hall–Kier alpha value is -2.40. The highest BCUT2D eigenvalue weighted by atomic mass is 19.4. The molecule has 0 amide bonds. The lowest BCUT2D eigenvalue weighted by Gasteiger charge is -2.34. The summed E-state index contributed by atoms with van der Waals surface area (Å²) in [5, 5.41) is 11.0. The molecular formula is C18H22F3N3O5. The SMILES string of the molecule is Cc1noc([C@@H]2CC[C@@H]3[C@@H](CCN3Cc3ccc(C)o3)O2)n1.O=C(O)C(F)(F)F. The van der Waals surface area contributed by atoms with Crippen LogP contribution in [-0.2, 0) is 16.1 Å². The quantitative estimate of drug-likeness (QED) is 0.811. The number of rotatable bonds is 3. The lowest BCUT2D eigenvalue weighted by molar-refractivity contribution is -0.192. The Morgan fingerprint density at radius 2 is 2.00 bits per heavy atom. The van der Waals surface area contributed by atoms with Gasteiger partial charge in [0.1, 0.15) is 17.6 Å². The Morgan fingerprint density at radius 3 is 2.55 bits per heavy atom. The van der Waals surface area contributed by atoms with E-state index in [4.69, 9.17) is 23.6 Å². The van der Waals surface area contributed by atoms with Crippen LogP contribution >= 0.6 is 0 Å². The fourth-order valence-corrected chi connectivity index (χ4v) is 3.61. The van der Waals surface area contributed by atoms with Crippen LogP contribution < -0.4 is 0 Å². The number of carbonyl (C=O) groups is 1. The van der Waals surface area contributed by atoms with Gasteiger partial charge in [-0.2, -0.15) is 18.2 Å². The van der Waals surface area contributed by atoms with Crippen LogP contribution in [0.5, 0.6) is 0 Å². The number of carboxylic acid groups (broad SMARTS) is 1. The third-order valence-corrected chi connectivity index (χ3v) is 4.88. The minimum atomic E-state index is -5.08. The maximum atomic E-state index is 10.6. The number of alkyl halides is 3. The van der Waals surface area contributed by atoms with Gasteiger partial charge >= 0.3 is 12.1 Å². The van der Waals surface area contributed by atoms with E-state index in [1.807, 2.05) is 19.9 Å². The minimum Gasteiger partial charge on any atom is -0.475 e. The highest BCUT2D eigenvalue weighted by molar-refractivity contribution is 5.73. The third kappa shape index (κ3) is 5.36. The van der Waals surface area contributed by atoms with Crippen LogP contribution in [0.25, 0.3) is 0 Å². The van der Waals surface area contributed by atoms with Crippen molar-refractivity contribution in [1.29, 1.82) is 0 Å². The van der Waals surface area contributed by atoms with Crippen LogP contribution in [0, 0.1) is 13.8 Å². The van der Waals surface area contributed by atoms with E-state index < -0.39 is 12.1 Å². The average Bonchev–Trinajstić information content (AvgIpc) is 3.36. The van der Waals surface area contributed by atoms with Crippen molar-refractivity contribution >= 4 is 5.97 Å². The molecule has 29 heavy (non-hydrogen) atoms. The van der Waals surface area contributed by atoms with Gasteiger partial charge in [0.2, 0.25) is 0 Å². The van der Waals surface area contributed by atoms with Gasteiger partial charge in [-0.05, 0) is 45.2 Å². The number of hydrogen-bond donors (Lipinski definition) is 1. The summed E-state index contributed by atoms with van der Waals surface area (Å²) in [6, 6.07) is 4.55. The smallest absolute Gasteiger partial charge is 0.475 e. The highest BCUT2D eigenvalue weighted by Crippen LogP contribution is 2.38. The van der Waals surface area contributed by atoms with Gasteiger partial charge in [0, 0.05) is 12.6 Å². The number of aliphatic carboxylic acids is 1. The van der Waals surface area contributed by atoms with Crippen molar-refractivity contribution in [3.05, 3.63) is 35.4 Å². The van der Waals surface area contributed by atoms with Gasteiger partial charge < -0.3 is 18.8 Å². The van der Waals surface area contributed by atoms with Crippen molar-refractivity contribution in [2.45, 2.75) is 64.1 Å². The molecule has 3 atom stereocenters. The van der Waals surface area contributed by atoms with Crippen LogP contribution in [-0.4, -0.2) is 51.0 Å². The predicted octanol–water partition coefficient (Wildman–Crippen LogP) is 3.41. The van der Waals surface area contributed by atoms with Crippen molar-refractivity contribution in [1.82, 2.24) is 15.0 Å². The van der Waals surface area contributed by atoms with Gasteiger partial charge in [-0.25, -0.2) is 4.79 Å². The Kier molecular flexibility index (Phi) is 6.27. The van der Waals surface area contributed by atoms with Gasteiger partial charge in [0.05, 0.1) is 12.6 Å². The van der Waals surface area contributed by atoms with Gasteiger partial charge in [0.25, 0.3) is 5.89 Å². The maximum absolute atomic E-state index is 10.6. The topological polar surface area (TPSA) is 102 Å². The number of aryl methyl sites for hydroxylation is 2. The molecule has 8 nitrogen and oxygen atoms in total. The fraction of sp³-hybridized carbons (Fsp3) is 0.611. The molecule has 1 N–H and O–H groups in total. The number of nitrogens with zero attached hydrogens (tertiary/aromatic N) is 3. The molecule has 2 aromatic heterocycles. The van der Waals surface area contributed by atoms with E-state index in [9.17, 15) is 13.2 Å². The molecular weight excluding hydrogens is 395 g/mol. The fourth-order valence-electron chi connectivity index (χ4n) is 3.61. The molecule has 0 radical (unpaired) electrons. The van der Waals surface area contributed by atoms with Crippen LogP contribution in [0.3, 0.4) is 0 Å². The Labute approximate surface area is 164 Å². The minimum absolute atomic E-state index is 0.0479. The summed E-state index contributed by atoms with van der Waals surface area (Å²) in [5.41, 5.74) is 0. The largest absolute Gasteiger partial charge is 0.490 e. The van der Waals surface area contributed by atoms with Crippen molar-refractivity contribution in [2.24, 2.45) is 0 Å². The van der Waals surface area contributed by atoms with E-state index in [1.54, 1.807) is 0 Å². The molecule has 0 spiro atoms. The second kappa shape index (κ2) is 8.54. The Balaban J connectivity index is 0.000000298. The van der Waals surface area contributed by atoms with Crippen LogP contribution in [0.1, 0.15) is 48.6 Å². The summed E-state index contributed by atoms with van der Waals surface area (Å²) in [7, 11) is 0. The van der Waals surface area contributed by atoms with Gasteiger partial charge in [-0.15, -0.1) is 0 Å². The van der Waals surface area contributed by atoms with Gasteiger partial charge in [-0.1, -0.05) is 5.16 Å². The predicted molar refractivity (Wildman–Crippen MR) is 91.8 cm³/mol. The number of likely N-dealkylation sites (tertiary alicyclic amines) is 1. The molecule has 2 aliphatic rings. The number of furan rings is 1. The average molecular weight is 417 g/mol. The zero-order valence-electron chi connectivity index (χ0n) is 16.0.